The minimum Gasteiger partial charge on any atom is -0.491 e. The van der Waals surface area contributed by atoms with Gasteiger partial charge in [-0.15, -0.1) is 0 Å². The molecular formula is C16H24FNO2. The largest absolute Gasteiger partial charge is 0.491 e. The van der Waals surface area contributed by atoms with E-state index in [4.69, 9.17) is 4.74 Å². The van der Waals surface area contributed by atoms with Gasteiger partial charge in [-0.3, -0.25) is 0 Å². The molecule has 0 spiro atoms. The number of piperidine rings is 1. The third kappa shape index (κ3) is 4.76. The molecule has 0 saturated carbocycles. The second kappa shape index (κ2) is 7.04. The van der Waals surface area contributed by atoms with Gasteiger partial charge < -0.3 is 14.7 Å². The van der Waals surface area contributed by atoms with E-state index in [1.807, 2.05) is 0 Å². The Morgan fingerprint density at radius 2 is 1.85 bits per heavy atom. The number of ether oxygens (including phenoxy) is 1. The van der Waals surface area contributed by atoms with Crippen LogP contribution in [0.2, 0.25) is 0 Å². The van der Waals surface area contributed by atoms with Crippen LogP contribution >= 0.6 is 0 Å². The molecule has 1 aromatic carbocycles. The molecule has 3 atom stereocenters. The Morgan fingerprint density at radius 3 is 2.45 bits per heavy atom. The number of rotatable bonds is 5. The number of β-amino-alcohol motifs (C(OH)–C–C–N with tert-alkyl or cyclic N) is 1. The van der Waals surface area contributed by atoms with Gasteiger partial charge in [0.25, 0.3) is 0 Å². The lowest BCUT2D eigenvalue weighted by atomic mass is 9.92. The zero-order chi connectivity index (χ0) is 14.5. The van der Waals surface area contributed by atoms with E-state index in [1.54, 1.807) is 12.1 Å². The van der Waals surface area contributed by atoms with Gasteiger partial charge in [0.15, 0.2) is 0 Å². The third-order valence-corrected chi connectivity index (χ3v) is 3.67. The topological polar surface area (TPSA) is 32.7 Å². The number of halogens is 1. The summed E-state index contributed by atoms with van der Waals surface area (Å²) in [6, 6.07) is 5.87. The number of likely N-dealkylation sites (tertiary alicyclic amines) is 1. The first-order chi connectivity index (χ1) is 9.52. The molecule has 1 heterocycles. The first-order valence-corrected chi connectivity index (χ1v) is 7.31. The highest BCUT2D eigenvalue weighted by Gasteiger charge is 2.23. The minimum atomic E-state index is -0.516. The molecule has 0 amide bonds. The maximum atomic E-state index is 12.8. The standard InChI is InChI=1S/C16H24FNO2/c1-12-7-13(2)9-18(8-12)10-15(19)11-20-16-5-3-14(17)4-6-16/h3-6,12-13,15,19H,7-11H2,1-2H3/t12-,13-,15-/m0/s1. The Hall–Kier alpha value is -1.13. The molecule has 0 aromatic heterocycles. The molecule has 112 valence electrons. The van der Waals surface area contributed by atoms with E-state index < -0.39 is 6.10 Å². The molecule has 3 nitrogen and oxygen atoms in total. The highest BCUT2D eigenvalue weighted by atomic mass is 19.1. The zero-order valence-electron chi connectivity index (χ0n) is 12.3. The molecule has 4 heteroatoms. The van der Waals surface area contributed by atoms with Gasteiger partial charge >= 0.3 is 0 Å². The van der Waals surface area contributed by atoms with E-state index in [9.17, 15) is 9.50 Å². The zero-order valence-corrected chi connectivity index (χ0v) is 12.3. The summed E-state index contributed by atoms with van der Waals surface area (Å²) in [5, 5.41) is 10.0. The van der Waals surface area contributed by atoms with Crippen molar-refractivity contribution >= 4 is 0 Å². The molecule has 2 rings (SSSR count). The number of nitrogens with zero attached hydrogens (tertiary/aromatic N) is 1. The van der Waals surface area contributed by atoms with Gasteiger partial charge in [0.05, 0.1) is 0 Å². The van der Waals surface area contributed by atoms with Gasteiger partial charge in [-0.1, -0.05) is 13.8 Å². The van der Waals surface area contributed by atoms with E-state index in [1.165, 1.54) is 18.6 Å². The van der Waals surface area contributed by atoms with E-state index in [-0.39, 0.29) is 12.4 Å². The monoisotopic (exact) mass is 281 g/mol. The molecule has 1 fully saturated rings. The Labute approximate surface area is 120 Å². The van der Waals surface area contributed by atoms with Crippen LogP contribution in [0.4, 0.5) is 4.39 Å². The third-order valence-electron chi connectivity index (χ3n) is 3.67. The molecule has 1 aliphatic heterocycles. The van der Waals surface area contributed by atoms with Crippen LogP contribution in [0.5, 0.6) is 5.75 Å². The molecule has 0 radical (unpaired) electrons. The van der Waals surface area contributed by atoms with Crippen molar-refractivity contribution in [2.75, 3.05) is 26.2 Å². The van der Waals surface area contributed by atoms with Crippen molar-refractivity contribution < 1.29 is 14.2 Å². The van der Waals surface area contributed by atoms with Crippen molar-refractivity contribution in [3.05, 3.63) is 30.1 Å². The van der Waals surface area contributed by atoms with Crippen LogP contribution in [-0.2, 0) is 0 Å². The predicted octanol–water partition coefficient (Wildman–Crippen LogP) is 2.54. The lowest BCUT2D eigenvalue weighted by Gasteiger charge is -2.35. The van der Waals surface area contributed by atoms with Crippen molar-refractivity contribution in [2.24, 2.45) is 11.8 Å². The fourth-order valence-electron chi connectivity index (χ4n) is 3.02. The summed E-state index contributed by atoms with van der Waals surface area (Å²) in [5.41, 5.74) is 0. The average Bonchev–Trinajstić information content (AvgIpc) is 2.37. The van der Waals surface area contributed by atoms with Crippen molar-refractivity contribution in [3.63, 3.8) is 0 Å². The fourth-order valence-corrected chi connectivity index (χ4v) is 3.02. The van der Waals surface area contributed by atoms with Crippen LogP contribution in [0.25, 0.3) is 0 Å². The Bertz CT molecular complexity index is 399. The Morgan fingerprint density at radius 1 is 1.25 bits per heavy atom. The molecular weight excluding hydrogens is 257 g/mol. The van der Waals surface area contributed by atoms with Crippen LogP contribution in [0.15, 0.2) is 24.3 Å². The van der Waals surface area contributed by atoms with Gasteiger partial charge in [0.2, 0.25) is 0 Å². The number of hydrogen-bond donors (Lipinski definition) is 1. The number of aliphatic hydroxyl groups is 1. The molecule has 1 saturated heterocycles. The van der Waals surface area contributed by atoms with Crippen LogP contribution in [0, 0.1) is 17.7 Å². The van der Waals surface area contributed by atoms with Crippen LogP contribution in [-0.4, -0.2) is 42.4 Å². The quantitative estimate of drug-likeness (QED) is 0.900. The van der Waals surface area contributed by atoms with E-state index in [2.05, 4.69) is 18.7 Å². The number of aliphatic hydroxyl groups excluding tert-OH is 1. The fraction of sp³-hybridized carbons (Fsp3) is 0.625. The van der Waals surface area contributed by atoms with Gasteiger partial charge in [-0.25, -0.2) is 4.39 Å². The summed E-state index contributed by atoms with van der Waals surface area (Å²) in [6.07, 6.45) is 0.746. The van der Waals surface area contributed by atoms with Crippen LogP contribution < -0.4 is 4.74 Å². The van der Waals surface area contributed by atoms with Crippen molar-refractivity contribution in [3.8, 4) is 5.75 Å². The molecule has 20 heavy (non-hydrogen) atoms. The molecule has 0 bridgehead atoms. The summed E-state index contributed by atoms with van der Waals surface area (Å²) < 4.78 is 18.2. The maximum Gasteiger partial charge on any atom is 0.123 e. The molecule has 0 aliphatic carbocycles. The lowest BCUT2D eigenvalue weighted by molar-refractivity contribution is 0.0429. The van der Waals surface area contributed by atoms with Gasteiger partial charge in [-0.2, -0.15) is 0 Å². The number of benzene rings is 1. The maximum absolute atomic E-state index is 12.8. The van der Waals surface area contributed by atoms with Crippen LogP contribution in [0.3, 0.4) is 0 Å². The second-order valence-electron chi connectivity index (χ2n) is 6.08. The number of hydrogen-bond acceptors (Lipinski definition) is 3. The summed E-state index contributed by atoms with van der Waals surface area (Å²) in [6.45, 7) is 7.46. The Kier molecular flexibility index (Phi) is 5.38. The van der Waals surface area contributed by atoms with Crippen LogP contribution in [0.1, 0.15) is 20.3 Å². The summed E-state index contributed by atoms with van der Waals surface area (Å²) in [4.78, 5) is 2.30. The molecule has 1 N–H and O–H groups in total. The van der Waals surface area contributed by atoms with E-state index >= 15 is 0 Å². The smallest absolute Gasteiger partial charge is 0.123 e. The minimum absolute atomic E-state index is 0.241. The predicted molar refractivity (Wildman–Crippen MR) is 77.3 cm³/mol. The highest BCUT2D eigenvalue weighted by Crippen LogP contribution is 2.21. The van der Waals surface area contributed by atoms with Crippen molar-refractivity contribution in [2.45, 2.75) is 26.4 Å². The molecule has 1 aromatic rings. The first kappa shape index (κ1) is 15.3. The summed E-state index contributed by atoms with van der Waals surface area (Å²) >= 11 is 0. The van der Waals surface area contributed by atoms with Gasteiger partial charge in [-0.05, 0) is 42.5 Å². The highest BCUT2D eigenvalue weighted by molar-refractivity contribution is 5.22. The first-order valence-electron chi connectivity index (χ1n) is 7.31. The summed E-state index contributed by atoms with van der Waals surface area (Å²) in [5.74, 6) is 1.67. The normalized spacial score (nSPS) is 25.4. The second-order valence-corrected chi connectivity index (χ2v) is 6.08. The van der Waals surface area contributed by atoms with Crippen molar-refractivity contribution in [1.82, 2.24) is 4.90 Å². The summed E-state index contributed by atoms with van der Waals surface area (Å²) in [7, 11) is 0. The van der Waals surface area contributed by atoms with Crippen molar-refractivity contribution in [1.29, 1.82) is 0 Å². The van der Waals surface area contributed by atoms with E-state index in [0.29, 0.717) is 24.1 Å². The molecule has 0 unspecified atom stereocenters. The Balaban J connectivity index is 1.74. The van der Waals surface area contributed by atoms with Gasteiger partial charge in [0.1, 0.15) is 24.3 Å². The lowest BCUT2D eigenvalue weighted by Crippen LogP contribution is -2.43. The van der Waals surface area contributed by atoms with Gasteiger partial charge in [0, 0.05) is 19.6 Å². The average molecular weight is 281 g/mol. The van der Waals surface area contributed by atoms with E-state index in [0.717, 1.165) is 13.1 Å². The SMILES string of the molecule is C[C@H]1C[C@H](C)CN(C[C@H](O)COc2ccc(F)cc2)C1. The molecule has 1 aliphatic rings.